The monoisotopic (exact) mass is 351 g/mol. The second kappa shape index (κ2) is 5.86. The molecule has 4 rings (SSSR count). The Labute approximate surface area is 148 Å². The van der Waals surface area contributed by atoms with Crippen LogP contribution in [-0.4, -0.2) is 28.3 Å². The fourth-order valence-corrected chi connectivity index (χ4v) is 3.27. The zero-order valence-electron chi connectivity index (χ0n) is 13.6. The normalized spacial score (nSPS) is 11.2. The Morgan fingerprint density at radius 3 is 2.64 bits per heavy atom. The van der Waals surface area contributed by atoms with Crippen LogP contribution in [0.4, 0.5) is 0 Å². The number of rotatable bonds is 2. The minimum absolute atomic E-state index is 0.419. The first-order chi connectivity index (χ1) is 12.1. The zero-order chi connectivity index (χ0) is 17.6. The predicted molar refractivity (Wildman–Crippen MR) is 97.9 cm³/mol. The molecule has 0 unspecified atom stereocenters. The number of hydrogen-bond acceptors (Lipinski definition) is 4. The average Bonchev–Trinajstić information content (AvgIpc) is 3.10. The van der Waals surface area contributed by atoms with Crippen molar-refractivity contribution in [3.05, 3.63) is 58.7 Å². The predicted octanol–water partition coefficient (Wildman–Crippen LogP) is 4.53. The molecule has 2 aromatic carbocycles. The van der Waals surface area contributed by atoms with Crippen molar-refractivity contribution in [1.82, 2.24) is 15.2 Å². The Morgan fingerprint density at radius 2 is 1.92 bits per heavy atom. The molecule has 1 N–H and O–H groups in total. The van der Waals surface area contributed by atoms with E-state index < -0.39 is 5.97 Å². The van der Waals surface area contributed by atoms with Crippen molar-refractivity contribution >= 4 is 39.4 Å². The van der Waals surface area contributed by atoms with E-state index in [0.29, 0.717) is 16.3 Å². The summed E-state index contributed by atoms with van der Waals surface area (Å²) in [5.74, 6) is -0.419. The third-order valence-electron chi connectivity index (χ3n) is 4.33. The van der Waals surface area contributed by atoms with Crippen LogP contribution in [0.25, 0.3) is 33.1 Å². The number of aromatic amines is 1. The van der Waals surface area contributed by atoms with Gasteiger partial charge in [0.05, 0.1) is 35.6 Å². The largest absolute Gasteiger partial charge is 0.465 e. The topological polar surface area (TPSA) is 67.9 Å². The number of esters is 1. The van der Waals surface area contributed by atoms with Crippen LogP contribution in [0.15, 0.2) is 42.6 Å². The number of H-pyrrole nitrogens is 1. The molecule has 124 valence electrons. The van der Waals surface area contributed by atoms with Crippen LogP contribution < -0.4 is 0 Å². The van der Waals surface area contributed by atoms with Gasteiger partial charge in [-0.2, -0.15) is 5.10 Å². The summed E-state index contributed by atoms with van der Waals surface area (Å²) in [5, 5.41) is 9.48. The van der Waals surface area contributed by atoms with Gasteiger partial charge in [-0.3, -0.25) is 5.10 Å². The van der Waals surface area contributed by atoms with Gasteiger partial charge in [0, 0.05) is 21.4 Å². The van der Waals surface area contributed by atoms with E-state index in [2.05, 4.69) is 10.2 Å². The summed E-state index contributed by atoms with van der Waals surface area (Å²) in [5.41, 5.74) is 4.34. The summed E-state index contributed by atoms with van der Waals surface area (Å²) < 4.78 is 5.02. The van der Waals surface area contributed by atoms with Crippen molar-refractivity contribution < 1.29 is 9.53 Å². The number of hydrogen-bond donors (Lipinski definition) is 1. The van der Waals surface area contributed by atoms with Crippen molar-refractivity contribution in [2.75, 3.05) is 7.11 Å². The SMILES string of the molecule is COC(=O)c1c(-c2ccc(Cl)cc2)nc2ccc3[nH]ncc3c2c1C. The van der Waals surface area contributed by atoms with Gasteiger partial charge in [0.1, 0.15) is 0 Å². The summed E-state index contributed by atoms with van der Waals surface area (Å²) in [6.45, 7) is 1.90. The number of carbonyl (C=O) groups is 1. The van der Waals surface area contributed by atoms with Gasteiger partial charge in [-0.1, -0.05) is 23.7 Å². The molecule has 0 saturated heterocycles. The maximum Gasteiger partial charge on any atom is 0.340 e. The first-order valence-corrected chi connectivity index (χ1v) is 8.08. The molecular weight excluding hydrogens is 338 g/mol. The molecule has 0 radical (unpaired) electrons. The minimum Gasteiger partial charge on any atom is -0.465 e. The van der Waals surface area contributed by atoms with Crippen LogP contribution in [0.1, 0.15) is 15.9 Å². The van der Waals surface area contributed by atoms with Crippen LogP contribution >= 0.6 is 11.6 Å². The van der Waals surface area contributed by atoms with E-state index >= 15 is 0 Å². The standard InChI is InChI=1S/C19H14ClN3O2/c1-10-16-13-9-21-23-14(13)7-8-15(16)22-18(17(10)19(24)25-2)11-3-5-12(20)6-4-11/h3-9H,1-2H3,(H,21,23). The van der Waals surface area contributed by atoms with Gasteiger partial charge in [-0.15, -0.1) is 0 Å². The molecule has 0 aliphatic rings. The molecule has 4 aromatic rings. The highest BCUT2D eigenvalue weighted by atomic mass is 35.5. The molecule has 5 nitrogen and oxygen atoms in total. The molecule has 0 aliphatic heterocycles. The molecule has 0 amide bonds. The molecule has 0 saturated carbocycles. The van der Waals surface area contributed by atoms with Gasteiger partial charge < -0.3 is 4.74 Å². The van der Waals surface area contributed by atoms with Crippen molar-refractivity contribution in [1.29, 1.82) is 0 Å². The number of methoxy groups -OCH3 is 1. The molecule has 2 heterocycles. The molecule has 0 fully saturated rings. The number of nitrogens with zero attached hydrogens (tertiary/aromatic N) is 2. The molecular formula is C19H14ClN3O2. The van der Waals surface area contributed by atoms with Gasteiger partial charge in [0.2, 0.25) is 0 Å². The van der Waals surface area contributed by atoms with Gasteiger partial charge in [0.15, 0.2) is 0 Å². The lowest BCUT2D eigenvalue weighted by Crippen LogP contribution is -2.09. The third kappa shape index (κ3) is 2.44. The first-order valence-electron chi connectivity index (χ1n) is 7.71. The van der Waals surface area contributed by atoms with Crippen LogP contribution in [0.2, 0.25) is 5.02 Å². The molecule has 0 spiro atoms. The van der Waals surface area contributed by atoms with E-state index in [1.807, 2.05) is 31.2 Å². The summed E-state index contributed by atoms with van der Waals surface area (Å²) >= 11 is 5.99. The number of pyridine rings is 1. The average molecular weight is 352 g/mol. The fourth-order valence-electron chi connectivity index (χ4n) is 3.14. The van der Waals surface area contributed by atoms with Crippen LogP contribution in [0.5, 0.6) is 0 Å². The lowest BCUT2D eigenvalue weighted by atomic mass is 9.96. The summed E-state index contributed by atoms with van der Waals surface area (Å²) in [6.07, 6.45) is 1.75. The highest BCUT2D eigenvalue weighted by Gasteiger charge is 2.22. The second-order valence-corrected chi connectivity index (χ2v) is 6.19. The van der Waals surface area contributed by atoms with E-state index in [0.717, 1.165) is 32.9 Å². The lowest BCUT2D eigenvalue weighted by molar-refractivity contribution is 0.0600. The van der Waals surface area contributed by atoms with Crippen molar-refractivity contribution in [3.63, 3.8) is 0 Å². The van der Waals surface area contributed by atoms with Crippen molar-refractivity contribution in [2.24, 2.45) is 0 Å². The lowest BCUT2D eigenvalue weighted by Gasteiger charge is -2.14. The summed E-state index contributed by atoms with van der Waals surface area (Å²) in [6, 6.07) is 11.1. The molecule has 0 aliphatic carbocycles. The minimum atomic E-state index is -0.419. The van der Waals surface area contributed by atoms with Crippen molar-refractivity contribution in [3.8, 4) is 11.3 Å². The van der Waals surface area contributed by atoms with Gasteiger partial charge >= 0.3 is 5.97 Å². The van der Waals surface area contributed by atoms with E-state index in [1.165, 1.54) is 7.11 Å². The Hall–Kier alpha value is -2.92. The zero-order valence-corrected chi connectivity index (χ0v) is 14.4. The number of nitrogens with one attached hydrogen (secondary N) is 1. The Bertz CT molecular complexity index is 1120. The molecule has 25 heavy (non-hydrogen) atoms. The van der Waals surface area contributed by atoms with Gasteiger partial charge in [0.25, 0.3) is 0 Å². The highest BCUT2D eigenvalue weighted by Crippen LogP contribution is 2.34. The number of fused-ring (bicyclic) bond motifs is 3. The maximum absolute atomic E-state index is 12.5. The Kier molecular flexibility index (Phi) is 3.66. The first kappa shape index (κ1) is 15.6. The molecule has 0 atom stereocenters. The highest BCUT2D eigenvalue weighted by molar-refractivity contribution is 6.30. The van der Waals surface area contributed by atoms with Crippen LogP contribution in [-0.2, 0) is 4.74 Å². The van der Waals surface area contributed by atoms with Crippen LogP contribution in [0.3, 0.4) is 0 Å². The number of aromatic nitrogens is 3. The number of ether oxygens (including phenoxy) is 1. The summed E-state index contributed by atoms with van der Waals surface area (Å²) in [7, 11) is 1.37. The maximum atomic E-state index is 12.5. The molecule has 2 aromatic heterocycles. The van der Waals surface area contributed by atoms with E-state index in [1.54, 1.807) is 18.3 Å². The quantitative estimate of drug-likeness (QED) is 0.539. The second-order valence-electron chi connectivity index (χ2n) is 5.75. The van der Waals surface area contributed by atoms with Crippen molar-refractivity contribution in [2.45, 2.75) is 6.92 Å². The Balaban J connectivity index is 2.12. The Morgan fingerprint density at radius 1 is 1.16 bits per heavy atom. The fraction of sp³-hybridized carbons (Fsp3) is 0.105. The number of benzene rings is 2. The smallest absolute Gasteiger partial charge is 0.340 e. The van der Waals surface area contributed by atoms with Gasteiger partial charge in [-0.05, 0) is 36.8 Å². The van der Waals surface area contributed by atoms with E-state index in [-0.39, 0.29) is 0 Å². The number of carbonyl (C=O) groups excluding carboxylic acids is 1. The molecule has 6 heteroatoms. The number of aryl methyl sites for hydroxylation is 1. The van der Waals surface area contributed by atoms with Gasteiger partial charge in [-0.25, -0.2) is 9.78 Å². The van der Waals surface area contributed by atoms with E-state index in [9.17, 15) is 4.79 Å². The number of halogens is 1. The molecule has 0 bridgehead atoms. The van der Waals surface area contributed by atoms with E-state index in [4.69, 9.17) is 21.3 Å². The summed E-state index contributed by atoms with van der Waals surface area (Å²) in [4.78, 5) is 17.3. The van der Waals surface area contributed by atoms with Crippen LogP contribution in [0, 0.1) is 6.92 Å². The third-order valence-corrected chi connectivity index (χ3v) is 4.58.